The number of aromatic carboxylic acids is 1. The van der Waals surface area contributed by atoms with Gasteiger partial charge in [-0.25, -0.2) is 13.9 Å². The second kappa shape index (κ2) is 5.19. The van der Waals surface area contributed by atoms with Gasteiger partial charge in [-0.05, 0) is 17.7 Å². The topological polar surface area (TPSA) is 72.2 Å². The number of hydrogen-bond donors (Lipinski definition) is 1. The molecular weight excluding hydrogens is 275 g/mol. The third-order valence-electron chi connectivity index (χ3n) is 2.44. The Morgan fingerprint density at radius 1 is 1.37 bits per heavy atom. The van der Waals surface area contributed by atoms with E-state index >= 15 is 0 Å². The van der Waals surface area contributed by atoms with E-state index in [-0.39, 0.29) is 17.3 Å². The van der Waals surface area contributed by atoms with Crippen molar-refractivity contribution in [2.45, 2.75) is 6.54 Å². The van der Waals surface area contributed by atoms with E-state index in [4.69, 9.17) is 16.7 Å². The molecule has 1 aromatic carbocycles. The van der Waals surface area contributed by atoms with Crippen LogP contribution < -0.4 is 5.56 Å². The SMILES string of the molecule is O=C(O)c1ccc(=O)n(Cc2cccc(F)c2Cl)n1. The standard InChI is InChI=1S/C12H8ClFN2O3/c13-11-7(2-1-3-8(11)14)6-16-10(17)5-4-9(15-16)12(18)19/h1-5H,6H2,(H,18,19). The molecule has 0 unspecified atom stereocenters. The first-order valence-electron chi connectivity index (χ1n) is 5.23. The highest BCUT2D eigenvalue weighted by Gasteiger charge is 2.10. The first kappa shape index (κ1) is 13.2. The van der Waals surface area contributed by atoms with E-state index < -0.39 is 17.3 Å². The van der Waals surface area contributed by atoms with Crippen LogP contribution in [-0.2, 0) is 6.54 Å². The van der Waals surface area contributed by atoms with E-state index in [0.29, 0.717) is 5.56 Å². The maximum atomic E-state index is 13.3. The molecule has 0 fully saturated rings. The van der Waals surface area contributed by atoms with Crippen molar-refractivity contribution in [3.8, 4) is 0 Å². The molecule has 0 aliphatic carbocycles. The number of benzene rings is 1. The Morgan fingerprint density at radius 3 is 2.79 bits per heavy atom. The summed E-state index contributed by atoms with van der Waals surface area (Å²) in [5.41, 5.74) is -0.420. The van der Waals surface area contributed by atoms with Crippen LogP contribution in [0.25, 0.3) is 0 Å². The predicted molar refractivity (Wildman–Crippen MR) is 66.0 cm³/mol. The second-order valence-electron chi connectivity index (χ2n) is 3.73. The van der Waals surface area contributed by atoms with Gasteiger partial charge in [0.1, 0.15) is 5.82 Å². The van der Waals surface area contributed by atoms with Gasteiger partial charge in [-0.2, -0.15) is 5.10 Å². The normalized spacial score (nSPS) is 10.4. The monoisotopic (exact) mass is 282 g/mol. The Labute approximate surface area is 111 Å². The summed E-state index contributed by atoms with van der Waals surface area (Å²) in [5, 5.41) is 12.3. The summed E-state index contributed by atoms with van der Waals surface area (Å²) in [6, 6.07) is 6.36. The molecule has 0 saturated heterocycles. The van der Waals surface area contributed by atoms with Crippen LogP contribution in [0.2, 0.25) is 5.02 Å². The van der Waals surface area contributed by atoms with Crippen molar-refractivity contribution in [2.24, 2.45) is 0 Å². The molecule has 2 aromatic rings. The number of aromatic nitrogens is 2. The maximum absolute atomic E-state index is 13.3. The van der Waals surface area contributed by atoms with Gasteiger partial charge in [0.2, 0.25) is 0 Å². The van der Waals surface area contributed by atoms with Crippen molar-refractivity contribution >= 4 is 17.6 Å². The zero-order valence-corrected chi connectivity index (χ0v) is 10.3. The van der Waals surface area contributed by atoms with E-state index in [9.17, 15) is 14.0 Å². The fourth-order valence-corrected chi connectivity index (χ4v) is 1.69. The average Bonchev–Trinajstić information content (AvgIpc) is 2.37. The molecule has 0 saturated carbocycles. The molecule has 1 N–H and O–H groups in total. The van der Waals surface area contributed by atoms with Gasteiger partial charge in [0, 0.05) is 6.07 Å². The van der Waals surface area contributed by atoms with Gasteiger partial charge >= 0.3 is 5.97 Å². The predicted octanol–water partition coefficient (Wildman–Crippen LogP) is 1.78. The molecule has 2 rings (SSSR count). The molecular formula is C12H8ClFN2O3. The van der Waals surface area contributed by atoms with Crippen LogP contribution in [0.1, 0.15) is 16.1 Å². The van der Waals surface area contributed by atoms with Gasteiger partial charge < -0.3 is 5.11 Å². The van der Waals surface area contributed by atoms with Gasteiger partial charge in [-0.1, -0.05) is 23.7 Å². The molecule has 5 nitrogen and oxygen atoms in total. The fraction of sp³-hybridized carbons (Fsp3) is 0.0833. The molecule has 0 aliphatic heterocycles. The lowest BCUT2D eigenvalue weighted by Crippen LogP contribution is -2.25. The largest absolute Gasteiger partial charge is 0.476 e. The summed E-state index contributed by atoms with van der Waals surface area (Å²) in [7, 11) is 0. The highest BCUT2D eigenvalue weighted by Crippen LogP contribution is 2.19. The van der Waals surface area contributed by atoms with Gasteiger partial charge in [-0.15, -0.1) is 0 Å². The minimum Gasteiger partial charge on any atom is -0.476 e. The first-order valence-corrected chi connectivity index (χ1v) is 5.61. The lowest BCUT2D eigenvalue weighted by molar-refractivity contribution is 0.0687. The zero-order valence-electron chi connectivity index (χ0n) is 9.51. The minimum atomic E-state index is -1.25. The zero-order chi connectivity index (χ0) is 14.0. The van der Waals surface area contributed by atoms with Crippen molar-refractivity contribution in [1.82, 2.24) is 9.78 Å². The number of carbonyl (C=O) groups is 1. The second-order valence-corrected chi connectivity index (χ2v) is 4.11. The highest BCUT2D eigenvalue weighted by molar-refractivity contribution is 6.31. The third-order valence-corrected chi connectivity index (χ3v) is 2.86. The van der Waals surface area contributed by atoms with Gasteiger partial charge in [-0.3, -0.25) is 4.79 Å². The number of rotatable bonds is 3. The van der Waals surface area contributed by atoms with Crippen molar-refractivity contribution in [2.75, 3.05) is 0 Å². The number of carboxylic acid groups (broad SMARTS) is 1. The van der Waals surface area contributed by atoms with Crippen LogP contribution in [0.5, 0.6) is 0 Å². The summed E-state index contributed by atoms with van der Waals surface area (Å²) >= 11 is 5.76. The van der Waals surface area contributed by atoms with E-state index in [2.05, 4.69) is 5.10 Å². The Bertz CT molecular complexity index is 700. The van der Waals surface area contributed by atoms with E-state index in [0.717, 1.165) is 16.8 Å². The molecule has 1 aromatic heterocycles. The Kier molecular flexibility index (Phi) is 3.62. The Morgan fingerprint density at radius 2 is 2.11 bits per heavy atom. The minimum absolute atomic E-state index is 0.101. The Hall–Kier alpha value is -2.21. The molecule has 98 valence electrons. The molecule has 1 heterocycles. The van der Waals surface area contributed by atoms with Crippen LogP contribution >= 0.6 is 11.6 Å². The van der Waals surface area contributed by atoms with Gasteiger partial charge in [0.15, 0.2) is 5.69 Å². The summed E-state index contributed by atoms with van der Waals surface area (Å²) < 4.78 is 14.2. The first-order chi connectivity index (χ1) is 8.99. The molecule has 0 radical (unpaired) electrons. The average molecular weight is 283 g/mol. The van der Waals surface area contributed by atoms with E-state index in [1.165, 1.54) is 18.2 Å². The van der Waals surface area contributed by atoms with Crippen LogP contribution in [0.3, 0.4) is 0 Å². The third kappa shape index (κ3) is 2.79. The smallest absolute Gasteiger partial charge is 0.356 e. The molecule has 19 heavy (non-hydrogen) atoms. The maximum Gasteiger partial charge on any atom is 0.356 e. The highest BCUT2D eigenvalue weighted by atomic mass is 35.5. The van der Waals surface area contributed by atoms with Crippen molar-refractivity contribution in [1.29, 1.82) is 0 Å². The molecule has 0 bridgehead atoms. The van der Waals surface area contributed by atoms with Crippen LogP contribution in [0.4, 0.5) is 4.39 Å². The number of halogens is 2. The molecule has 0 amide bonds. The van der Waals surface area contributed by atoms with Crippen molar-refractivity contribution in [3.63, 3.8) is 0 Å². The van der Waals surface area contributed by atoms with E-state index in [1.54, 1.807) is 0 Å². The summed E-state index contributed by atoms with van der Waals surface area (Å²) in [5.74, 6) is -1.86. The van der Waals surface area contributed by atoms with Crippen molar-refractivity contribution in [3.05, 3.63) is 62.8 Å². The summed E-state index contributed by atoms with van der Waals surface area (Å²) in [6.45, 7) is -0.101. The number of carboxylic acids is 1. The fourth-order valence-electron chi connectivity index (χ4n) is 1.51. The number of hydrogen-bond acceptors (Lipinski definition) is 3. The van der Waals surface area contributed by atoms with Gasteiger partial charge in [0.05, 0.1) is 11.6 Å². The lowest BCUT2D eigenvalue weighted by atomic mass is 10.2. The molecule has 0 atom stereocenters. The van der Waals surface area contributed by atoms with E-state index in [1.807, 2.05) is 0 Å². The van der Waals surface area contributed by atoms with Crippen LogP contribution in [-0.4, -0.2) is 20.9 Å². The van der Waals surface area contributed by atoms with Crippen LogP contribution in [0, 0.1) is 5.82 Å². The quantitative estimate of drug-likeness (QED) is 0.931. The van der Waals surface area contributed by atoms with Gasteiger partial charge in [0.25, 0.3) is 5.56 Å². The Balaban J connectivity index is 2.43. The lowest BCUT2D eigenvalue weighted by Gasteiger charge is -2.07. The number of nitrogens with zero attached hydrogens (tertiary/aromatic N) is 2. The summed E-state index contributed by atoms with van der Waals surface area (Å²) in [6.07, 6.45) is 0. The molecule has 0 spiro atoms. The van der Waals surface area contributed by atoms with Crippen molar-refractivity contribution < 1.29 is 14.3 Å². The molecule has 7 heteroatoms. The molecule has 0 aliphatic rings. The van der Waals surface area contributed by atoms with Crippen LogP contribution in [0.15, 0.2) is 35.1 Å². The summed E-state index contributed by atoms with van der Waals surface area (Å²) in [4.78, 5) is 22.3.